The van der Waals surface area contributed by atoms with Crippen molar-refractivity contribution in [3.8, 4) is 5.75 Å². The molecule has 0 radical (unpaired) electrons. The van der Waals surface area contributed by atoms with Gasteiger partial charge in [-0.05, 0) is 56.4 Å². The molecule has 2 rings (SSSR count). The summed E-state index contributed by atoms with van der Waals surface area (Å²) in [5.74, 6) is 1.16. The van der Waals surface area contributed by atoms with Gasteiger partial charge in [0.05, 0.1) is 6.61 Å². The van der Waals surface area contributed by atoms with Crippen LogP contribution in [0.2, 0.25) is 0 Å². The number of ether oxygens (including phenoxy) is 1. The van der Waals surface area contributed by atoms with E-state index in [0.29, 0.717) is 19.4 Å². The minimum atomic E-state index is 0.0639. The number of aliphatic hydroxyl groups is 1. The van der Waals surface area contributed by atoms with Crippen LogP contribution >= 0.6 is 0 Å². The summed E-state index contributed by atoms with van der Waals surface area (Å²) in [7, 11) is 0. The number of amides is 1. The van der Waals surface area contributed by atoms with Crippen molar-refractivity contribution in [3.63, 3.8) is 0 Å². The standard InChI is InChI=1S/C18H27NO3/c1-13-8-9-16(11-14(13)2)22-10-4-7-18(21)19-17-6-3-5-15(17)12-20/h8-9,11,15,17,20H,3-7,10,12H2,1-2H3,(H,19,21)/t15-,17+/m0/s1. The number of aliphatic hydroxyl groups excluding tert-OH is 1. The molecular formula is C18H27NO3. The second kappa shape index (κ2) is 8.18. The molecule has 0 spiro atoms. The maximum Gasteiger partial charge on any atom is 0.220 e. The van der Waals surface area contributed by atoms with Crippen LogP contribution in [0.4, 0.5) is 0 Å². The zero-order valence-corrected chi connectivity index (χ0v) is 13.6. The Morgan fingerprint density at radius 1 is 1.32 bits per heavy atom. The Kier molecular flexibility index (Phi) is 6.25. The van der Waals surface area contributed by atoms with Gasteiger partial charge in [-0.25, -0.2) is 0 Å². The van der Waals surface area contributed by atoms with Crippen molar-refractivity contribution >= 4 is 5.91 Å². The molecule has 22 heavy (non-hydrogen) atoms. The van der Waals surface area contributed by atoms with Gasteiger partial charge in [-0.1, -0.05) is 12.5 Å². The quantitative estimate of drug-likeness (QED) is 0.762. The third-order valence-corrected chi connectivity index (χ3v) is 4.54. The van der Waals surface area contributed by atoms with E-state index < -0.39 is 0 Å². The first-order valence-corrected chi connectivity index (χ1v) is 8.20. The molecule has 1 aromatic carbocycles. The van der Waals surface area contributed by atoms with Crippen LogP contribution in [0.5, 0.6) is 5.75 Å². The van der Waals surface area contributed by atoms with E-state index in [-0.39, 0.29) is 24.5 Å². The van der Waals surface area contributed by atoms with Gasteiger partial charge in [-0.3, -0.25) is 4.79 Å². The van der Waals surface area contributed by atoms with Crippen molar-refractivity contribution in [2.24, 2.45) is 5.92 Å². The molecule has 1 aromatic rings. The second-order valence-electron chi connectivity index (χ2n) is 6.25. The first-order chi connectivity index (χ1) is 10.6. The monoisotopic (exact) mass is 305 g/mol. The van der Waals surface area contributed by atoms with E-state index in [1.54, 1.807) is 0 Å². The number of nitrogens with one attached hydrogen (secondary N) is 1. The number of carbonyl (C=O) groups excluding carboxylic acids is 1. The summed E-state index contributed by atoms with van der Waals surface area (Å²) in [4.78, 5) is 11.9. The van der Waals surface area contributed by atoms with Crippen LogP contribution in [0, 0.1) is 19.8 Å². The van der Waals surface area contributed by atoms with E-state index in [9.17, 15) is 9.90 Å². The summed E-state index contributed by atoms with van der Waals surface area (Å²) in [6.45, 7) is 4.85. The van der Waals surface area contributed by atoms with Gasteiger partial charge in [0.25, 0.3) is 0 Å². The molecule has 2 N–H and O–H groups in total. The van der Waals surface area contributed by atoms with Crippen LogP contribution in [0.25, 0.3) is 0 Å². The summed E-state index contributed by atoms with van der Waals surface area (Å²) in [5, 5.41) is 12.3. The molecule has 4 nitrogen and oxygen atoms in total. The van der Waals surface area contributed by atoms with Crippen molar-refractivity contribution in [1.82, 2.24) is 5.32 Å². The Bertz CT molecular complexity index is 501. The van der Waals surface area contributed by atoms with E-state index in [1.165, 1.54) is 11.1 Å². The fourth-order valence-electron chi connectivity index (χ4n) is 2.95. The predicted octanol–water partition coefficient (Wildman–Crippen LogP) is 2.74. The zero-order valence-electron chi connectivity index (χ0n) is 13.6. The minimum absolute atomic E-state index is 0.0639. The number of rotatable bonds is 7. The fourth-order valence-corrected chi connectivity index (χ4v) is 2.95. The predicted molar refractivity (Wildman–Crippen MR) is 87.0 cm³/mol. The van der Waals surface area contributed by atoms with E-state index in [4.69, 9.17) is 4.74 Å². The summed E-state index contributed by atoms with van der Waals surface area (Å²) in [6, 6.07) is 6.19. The molecule has 1 aliphatic rings. The Morgan fingerprint density at radius 3 is 2.86 bits per heavy atom. The third kappa shape index (κ3) is 4.73. The number of benzene rings is 1. The molecule has 0 aliphatic heterocycles. The molecule has 0 heterocycles. The Balaban J connectivity index is 1.65. The average molecular weight is 305 g/mol. The number of carbonyl (C=O) groups is 1. The molecule has 0 aromatic heterocycles. The van der Waals surface area contributed by atoms with Gasteiger partial charge in [-0.15, -0.1) is 0 Å². The van der Waals surface area contributed by atoms with Gasteiger partial charge >= 0.3 is 0 Å². The second-order valence-corrected chi connectivity index (χ2v) is 6.25. The number of aryl methyl sites for hydroxylation is 2. The van der Waals surface area contributed by atoms with Gasteiger partial charge in [0.15, 0.2) is 0 Å². The van der Waals surface area contributed by atoms with Crippen molar-refractivity contribution in [3.05, 3.63) is 29.3 Å². The van der Waals surface area contributed by atoms with Crippen LogP contribution in [-0.4, -0.2) is 30.3 Å². The van der Waals surface area contributed by atoms with Crippen molar-refractivity contribution < 1.29 is 14.6 Å². The first kappa shape index (κ1) is 16.8. The Labute approximate surface area is 132 Å². The van der Waals surface area contributed by atoms with Crippen molar-refractivity contribution in [2.75, 3.05) is 13.2 Å². The molecule has 4 heteroatoms. The van der Waals surface area contributed by atoms with Crippen molar-refractivity contribution in [2.45, 2.75) is 52.0 Å². The van der Waals surface area contributed by atoms with Crippen LogP contribution < -0.4 is 10.1 Å². The van der Waals surface area contributed by atoms with Crippen LogP contribution in [-0.2, 0) is 4.79 Å². The molecule has 1 amide bonds. The normalized spacial score (nSPS) is 20.9. The molecule has 122 valence electrons. The smallest absolute Gasteiger partial charge is 0.220 e. The highest BCUT2D eigenvalue weighted by molar-refractivity contribution is 5.76. The fraction of sp³-hybridized carbons (Fsp3) is 0.611. The molecule has 0 bridgehead atoms. The number of hydrogen-bond acceptors (Lipinski definition) is 3. The maximum atomic E-state index is 11.9. The topological polar surface area (TPSA) is 58.6 Å². The van der Waals surface area contributed by atoms with Crippen LogP contribution in [0.15, 0.2) is 18.2 Å². The van der Waals surface area contributed by atoms with Gasteiger partial charge in [0.1, 0.15) is 5.75 Å². The lowest BCUT2D eigenvalue weighted by Gasteiger charge is -2.19. The molecular weight excluding hydrogens is 278 g/mol. The molecule has 1 aliphatic carbocycles. The van der Waals surface area contributed by atoms with Crippen LogP contribution in [0.3, 0.4) is 0 Å². The molecule has 2 atom stereocenters. The van der Waals surface area contributed by atoms with Crippen molar-refractivity contribution in [1.29, 1.82) is 0 Å². The van der Waals surface area contributed by atoms with E-state index in [2.05, 4.69) is 19.2 Å². The molecule has 1 fully saturated rings. The third-order valence-electron chi connectivity index (χ3n) is 4.54. The highest BCUT2D eigenvalue weighted by Crippen LogP contribution is 2.25. The van der Waals surface area contributed by atoms with Crippen LogP contribution in [0.1, 0.15) is 43.2 Å². The maximum absolute atomic E-state index is 11.9. The SMILES string of the molecule is Cc1ccc(OCCCC(=O)N[C@@H]2CCC[C@H]2CO)cc1C. The van der Waals surface area contributed by atoms with Gasteiger partial charge < -0.3 is 15.2 Å². The number of hydrogen-bond donors (Lipinski definition) is 2. The van der Waals surface area contributed by atoms with E-state index in [1.807, 2.05) is 18.2 Å². The van der Waals surface area contributed by atoms with Gasteiger partial charge in [0.2, 0.25) is 5.91 Å². The largest absolute Gasteiger partial charge is 0.494 e. The summed E-state index contributed by atoms with van der Waals surface area (Å²) in [5.41, 5.74) is 2.47. The lowest BCUT2D eigenvalue weighted by molar-refractivity contribution is -0.122. The first-order valence-electron chi connectivity index (χ1n) is 8.20. The summed E-state index contributed by atoms with van der Waals surface area (Å²) >= 11 is 0. The summed E-state index contributed by atoms with van der Waals surface area (Å²) < 4.78 is 5.68. The average Bonchev–Trinajstić information content (AvgIpc) is 2.94. The van der Waals surface area contributed by atoms with E-state index in [0.717, 1.165) is 25.0 Å². The minimum Gasteiger partial charge on any atom is -0.494 e. The Morgan fingerprint density at radius 2 is 2.14 bits per heavy atom. The molecule has 0 unspecified atom stereocenters. The Hall–Kier alpha value is -1.55. The van der Waals surface area contributed by atoms with Gasteiger partial charge in [0, 0.05) is 25.0 Å². The van der Waals surface area contributed by atoms with Gasteiger partial charge in [-0.2, -0.15) is 0 Å². The highest BCUT2D eigenvalue weighted by Gasteiger charge is 2.27. The molecule has 1 saturated carbocycles. The highest BCUT2D eigenvalue weighted by atomic mass is 16.5. The summed E-state index contributed by atoms with van der Waals surface area (Å²) in [6.07, 6.45) is 4.26. The molecule has 0 saturated heterocycles. The van der Waals surface area contributed by atoms with E-state index >= 15 is 0 Å². The zero-order chi connectivity index (χ0) is 15.9. The lowest BCUT2D eigenvalue weighted by Crippen LogP contribution is -2.38. The lowest BCUT2D eigenvalue weighted by atomic mass is 10.0.